The van der Waals surface area contributed by atoms with E-state index in [4.69, 9.17) is 5.73 Å². The van der Waals surface area contributed by atoms with E-state index in [-0.39, 0.29) is 6.04 Å². The Morgan fingerprint density at radius 3 is 2.76 bits per heavy atom. The van der Waals surface area contributed by atoms with Crippen molar-refractivity contribution in [1.82, 2.24) is 14.6 Å². The van der Waals surface area contributed by atoms with Gasteiger partial charge in [-0.15, -0.1) is 5.10 Å². The maximum atomic E-state index is 6.17. The van der Waals surface area contributed by atoms with Crippen LogP contribution in [-0.2, 0) is 0 Å². The lowest BCUT2D eigenvalue weighted by molar-refractivity contribution is 0.673. The van der Waals surface area contributed by atoms with Crippen LogP contribution in [0.4, 0.5) is 5.95 Å². The summed E-state index contributed by atoms with van der Waals surface area (Å²) >= 11 is 0. The number of rotatable bonds is 5. The highest BCUT2D eigenvalue weighted by atomic mass is 15.3. The van der Waals surface area contributed by atoms with E-state index in [0.717, 1.165) is 29.7 Å². The van der Waals surface area contributed by atoms with Crippen molar-refractivity contribution < 1.29 is 0 Å². The van der Waals surface area contributed by atoms with E-state index in [0.29, 0.717) is 5.95 Å². The lowest BCUT2D eigenvalue weighted by atomic mass is 10.1. The Morgan fingerprint density at radius 2 is 2.00 bits per heavy atom. The van der Waals surface area contributed by atoms with Crippen LogP contribution in [0, 0.1) is 6.92 Å². The Labute approximate surface area is 123 Å². The monoisotopic (exact) mass is 281 g/mol. The van der Waals surface area contributed by atoms with Crippen LogP contribution in [-0.4, -0.2) is 21.1 Å². The molecule has 0 radical (unpaired) electrons. The minimum atomic E-state index is 0.0254. The highest BCUT2D eigenvalue weighted by Crippen LogP contribution is 2.14. The molecule has 1 atom stereocenters. The predicted molar refractivity (Wildman–Crippen MR) is 84.2 cm³/mol. The molecule has 0 aliphatic rings. The van der Waals surface area contributed by atoms with Gasteiger partial charge in [-0.05, 0) is 30.5 Å². The lowest BCUT2D eigenvalue weighted by Gasteiger charge is -2.11. The first-order chi connectivity index (χ1) is 10.2. The predicted octanol–water partition coefficient (Wildman–Crippen LogP) is 2.54. The summed E-state index contributed by atoms with van der Waals surface area (Å²) in [6.07, 6.45) is 2.73. The zero-order valence-electron chi connectivity index (χ0n) is 12.0. The minimum Gasteiger partial charge on any atom is -0.353 e. The first-order valence-electron chi connectivity index (χ1n) is 7.10. The summed E-state index contributed by atoms with van der Waals surface area (Å²) in [6.45, 7) is 2.77. The molecule has 3 rings (SSSR count). The smallest absolute Gasteiger partial charge is 0.243 e. The van der Waals surface area contributed by atoms with Crippen LogP contribution >= 0.6 is 0 Å². The first kappa shape index (κ1) is 13.6. The summed E-state index contributed by atoms with van der Waals surface area (Å²) in [5.74, 6) is 0.643. The number of nitrogens with zero attached hydrogens (tertiary/aromatic N) is 3. The number of benzene rings is 1. The van der Waals surface area contributed by atoms with Crippen LogP contribution in [0.25, 0.3) is 5.65 Å². The highest BCUT2D eigenvalue weighted by molar-refractivity contribution is 5.49. The molecule has 0 saturated heterocycles. The van der Waals surface area contributed by atoms with Crippen molar-refractivity contribution in [3.63, 3.8) is 0 Å². The highest BCUT2D eigenvalue weighted by Gasteiger charge is 2.07. The molecule has 2 heterocycles. The SMILES string of the molecule is Cc1cccn2nc(NCCC(N)c3ccccc3)nc12. The van der Waals surface area contributed by atoms with Crippen LogP contribution in [0.1, 0.15) is 23.6 Å². The van der Waals surface area contributed by atoms with Crippen molar-refractivity contribution in [2.24, 2.45) is 5.73 Å². The molecule has 3 aromatic rings. The van der Waals surface area contributed by atoms with Gasteiger partial charge in [0.15, 0.2) is 5.65 Å². The Morgan fingerprint density at radius 1 is 1.19 bits per heavy atom. The Bertz CT molecular complexity index is 720. The van der Waals surface area contributed by atoms with Gasteiger partial charge in [0.1, 0.15) is 0 Å². The molecule has 3 N–H and O–H groups in total. The van der Waals surface area contributed by atoms with Crippen molar-refractivity contribution in [2.45, 2.75) is 19.4 Å². The minimum absolute atomic E-state index is 0.0254. The molecule has 5 heteroatoms. The molecule has 5 nitrogen and oxygen atoms in total. The molecular formula is C16H19N5. The summed E-state index contributed by atoms with van der Waals surface area (Å²) in [5.41, 5.74) is 9.32. The average molecular weight is 281 g/mol. The van der Waals surface area contributed by atoms with Gasteiger partial charge >= 0.3 is 0 Å². The summed E-state index contributed by atoms with van der Waals surface area (Å²) in [7, 11) is 0. The number of hydrogen-bond acceptors (Lipinski definition) is 4. The molecule has 0 aliphatic carbocycles. The first-order valence-corrected chi connectivity index (χ1v) is 7.10. The molecule has 2 aromatic heterocycles. The maximum Gasteiger partial charge on any atom is 0.243 e. The number of nitrogens with one attached hydrogen (secondary N) is 1. The molecular weight excluding hydrogens is 262 g/mol. The molecule has 0 bridgehead atoms. The number of nitrogens with two attached hydrogens (primary N) is 1. The number of aryl methyl sites for hydroxylation is 1. The van der Waals surface area contributed by atoms with E-state index in [9.17, 15) is 0 Å². The molecule has 0 aliphatic heterocycles. The summed E-state index contributed by atoms with van der Waals surface area (Å²) in [4.78, 5) is 4.48. The van der Waals surface area contributed by atoms with Crippen molar-refractivity contribution in [2.75, 3.05) is 11.9 Å². The van der Waals surface area contributed by atoms with Crippen LogP contribution < -0.4 is 11.1 Å². The van der Waals surface area contributed by atoms with E-state index in [1.807, 2.05) is 43.5 Å². The fourth-order valence-electron chi connectivity index (χ4n) is 2.32. The third-order valence-electron chi connectivity index (χ3n) is 3.52. The standard InChI is InChI=1S/C16H19N5/c1-12-6-5-11-21-15(12)19-16(20-21)18-10-9-14(17)13-7-3-2-4-8-13/h2-8,11,14H,9-10,17H2,1H3,(H,18,20). The van der Waals surface area contributed by atoms with Crippen molar-refractivity contribution in [3.8, 4) is 0 Å². The van der Waals surface area contributed by atoms with Crippen LogP contribution in [0.3, 0.4) is 0 Å². The number of fused-ring (bicyclic) bond motifs is 1. The zero-order chi connectivity index (χ0) is 14.7. The van der Waals surface area contributed by atoms with Gasteiger partial charge in [-0.25, -0.2) is 4.52 Å². The fourth-order valence-corrected chi connectivity index (χ4v) is 2.32. The molecule has 0 fully saturated rings. The Kier molecular flexibility index (Phi) is 3.83. The Balaban J connectivity index is 1.61. The number of hydrogen-bond donors (Lipinski definition) is 2. The number of anilines is 1. The van der Waals surface area contributed by atoms with Gasteiger partial charge in [0.2, 0.25) is 5.95 Å². The zero-order valence-corrected chi connectivity index (χ0v) is 12.0. The lowest BCUT2D eigenvalue weighted by Crippen LogP contribution is -2.15. The van der Waals surface area contributed by atoms with Gasteiger partial charge in [-0.2, -0.15) is 4.98 Å². The van der Waals surface area contributed by atoms with Gasteiger partial charge in [-0.3, -0.25) is 0 Å². The van der Waals surface area contributed by atoms with Crippen molar-refractivity contribution in [3.05, 3.63) is 59.8 Å². The second kappa shape index (κ2) is 5.93. The van der Waals surface area contributed by atoms with E-state index in [2.05, 4.69) is 27.5 Å². The normalized spacial score (nSPS) is 12.5. The van der Waals surface area contributed by atoms with Gasteiger partial charge in [0, 0.05) is 18.8 Å². The van der Waals surface area contributed by atoms with Crippen LogP contribution in [0.15, 0.2) is 48.7 Å². The quantitative estimate of drug-likeness (QED) is 0.754. The second-order valence-electron chi connectivity index (χ2n) is 5.13. The Hall–Kier alpha value is -2.40. The molecule has 0 spiro atoms. The average Bonchev–Trinajstić information content (AvgIpc) is 2.92. The maximum absolute atomic E-state index is 6.17. The number of pyridine rings is 1. The largest absolute Gasteiger partial charge is 0.353 e. The fraction of sp³-hybridized carbons (Fsp3) is 0.250. The molecule has 0 amide bonds. The molecule has 21 heavy (non-hydrogen) atoms. The van der Waals surface area contributed by atoms with E-state index in [1.165, 1.54) is 0 Å². The molecule has 108 valence electrons. The number of aromatic nitrogens is 3. The van der Waals surface area contributed by atoms with E-state index < -0.39 is 0 Å². The second-order valence-corrected chi connectivity index (χ2v) is 5.13. The van der Waals surface area contributed by atoms with Gasteiger partial charge in [0.25, 0.3) is 0 Å². The van der Waals surface area contributed by atoms with Crippen molar-refractivity contribution in [1.29, 1.82) is 0 Å². The van der Waals surface area contributed by atoms with Crippen LogP contribution in [0.5, 0.6) is 0 Å². The summed E-state index contributed by atoms with van der Waals surface area (Å²) in [5, 5.41) is 7.64. The van der Waals surface area contributed by atoms with Crippen molar-refractivity contribution >= 4 is 11.6 Å². The third kappa shape index (κ3) is 3.03. The topological polar surface area (TPSA) is 68.2 Å². The van der Waals surface area contributed by atoms with Gasteiger partial charge in [-0.1, -0.05) is 36.4 Å². The third-order valence-corrected chi connectivity index (χ3v) is 3.52. The summed E-state index contributed by atoms with van der Waals surface area (Å²) in [6, 6.07) is 14.1. The van der Waals surface area contributed by atoms with Crippen LogP contribution in [0.2, 0.25) is 0 Å². The van der Waals surface area contributed by atoms with Gasteiger partial charge in [0.05, 0.1) is 0 Å². The molecule has 1 unspecified atom stereocenters. The molecule has 1 aromatic carbocycles. The summed E-state index contributed by atoms with van der Waals surface area (Å²) < 4.78 is 1.79. The van der Waals surface area contributed by atoms with E-state index in [1.54, 1.807) is 4.52 Å². The van der Waals surface area contributed by atoms with Gasteiger partial charge < -0.3 is 11.1 Å². The van der Waals surface area contributed by atoms with E-state index >= 15 is 0 Å². The molecule has 0 saturated carbocycles.